The number of aryl methyl sites for hydroxylation is 1. The number of carbonyl (C=O) groups excluding carboxylic acids is 1. The number of methoxy groups -OCH3 is 1. The quantitative estimate of drug-likeness (QED) is 0.691. The molecule has 0 saturated carbocycles. The lowest BCUT2D eigenvalue weighted by atomic mass is 10.3. The average Bonchev–Trinajstić information content (AvgIpc) is 3.09. The number of nitrogens with zero attached hydrogens (tertiary/aromatic N) is 5. The molecule has 1 amide bonds. The lowest BCUT2D eigenvalue weighted by Crippen LogP contribution is -2.23. The first-order chi connectivity index (χ1) is 13.1. The highest BCUT2D eigenvalue weighted by molar-refractivity contribution is 6.03. The van der Waals surface area contributed by atoms with E-state index in [1.165, 1.54) is 4.80 Å². The summed E-state index contributed by atoms with van der Waals surface area (Å²) in [6, 6.07) is 13.1. The monoisotopic (exact) mass is 366 g/mol. The summed E-state index contributed by atoms with van der Waals surface area (Å²) in [5.74, 6) is 0.480. The molecule has 1 aromatic carbocycles. The van der Waals surface area contributed by atoms with Crippen molar-refractivity contribution in [3.05, 3.63) is 60.0 Å². The molecule has 3 aromatic rings. The van der Waals surface area contributed by atoms with Crippen LogP contribution in [0, 0.1) is 6.92 Å². The Morgan fingerprint density at radius 2 is 1.96 bits per heavy atom. The molecule has 0 aliphatic heterocycles. The minimum Gasteiger partial charge on any atom is -0.383 e. The number of ether oxygens (including phenoxy) is 1. The van der Waals surface area contributed by atoms with Gasteiger partial charge in [-0.05, 0) is 31.2 Å². The number of amides is 1. The Balaban J connectivity index is 1.70. The zero-order chi connectivity index (χ0) is 19.2. The second-order valence-electron chi connectivity index (χ2n) is 6.03. The molecule has 8 nitrogen and oxygen atoms in total. The maximum Gasteiger partial charge on any atom is 0.278 e. The fourth-order valence-electron chi connectivity index (χ4n) is 2.48. The fourth-order valence-corrected chi connectivity index (χ4v) is 2.48. The van der Waals surface area contributed by atoms with Gasteiger partial charge in [0.05, 0.1) is 29.9 Å². The summed E-state index contributed by atoms with van der Waals surface area (Å²) in [7, 11) is 3.60. The summed E-state index contributed by atoms with van der Waals surface area (Å²) in [5, 5.41) is 11.4. The van der Waals surface area contributed by atoms with Crippen molar-refractivity contribution < 1.29 is 9.53 Å². The molecule has 2 heterocycles. The summed E-state index contributed by atoms with van der Waals surface area (Å²) < 4.78 is 5.06. The van der Waals surface area contributed by atoms with Crippen molar-refractivity contribution >= 4 is 17.4 Å². The summed E-state index contributed by atoms with van der Waals surface area (Å²) in [5.41, 5.74) is 2.22. The average molecular weight is 366 g/mol. The van der Waals surface area contributed by atoms with Crippen LogP contribution in [0.2, 0.25) is 0 Å². The number of aromatic nitrogens is 4. The van der Waals surface area contributed by atoms with Crippen molar-refractivity contribution in [1.29, 1.82) is 0 Å². The number of rotatable bonds is 7. The molecule has 1 N–H and O–H groups in total. The van der Waals surface area contributed by atoms with E-state index in [1.54, 1.807) is 26.3 Å². The van der Waals surface area contributed by atoms with Gasteiger partial charge < -0.3 is 15.0 Å². The van der Waals surface area contributed by atoms with Crippen LogP contribution in [-0.4, -0.2) is 53.2 Å². The van der Waals surface area contributed by atoms with Crippen LogP contribution in [0.5, 0.6) is 0 Å². The number of benzene rings is 1. The van der Waals surface area contributed by atoms with E-state index in [0.29, 0.717) is 18.0 Å². The van der Waals surface area contributed by atoms with Crippen molar-refractivity contribution in [2.45, 2.75) is 6.92 Å². The van der Waals surface area contributed by atoms with Crippen molar-refractivity contribution in [2.24, 2.45) is 0 Å². The van der Waals surface area contributed by atoms with Crippen LogP contribution in [0.1, 0.15) is 16.2 Å². The standard InChI is InChI=1S/C19H22N6O2/c1-14-18(23-25(22-14)16-7-5-4-6-8-16)19(26)21-15-9-10-17(20-13-15)24(2)11-12-27-3/h4-10,13H,11-12H2,1-3H3,(H,21,26). The third kappa shape index (κ3) is 4.48. The molecule has 0 bridgehead atoms. The van der Waals surface area contributed by atoms with Gasteiger partial charge in [0.15, 0.2) is 5.69 Å². The van der Waals surface area contributed by atoms with Gasteiger partial charge in [-0.25, -0.2) is 4.98 Å². The van der Waals surface area contributed by atoms with Crippen molar-refractivity contribution in [3.8, 4) is 5.69 Å². The van der Waals surface area contributed by atoms with Crippen LogP contribution < -0.4 is 10.2 Å². The molecule has 0 radical (unpaired) electrons. The van der Waals surface area contributed by atoms with Gasteiger partial charge in [0.1, 0.15) is 5.82 Å². The summed E-state index contributed by atoms with van der Waals surface area (Å²) >= 11 is 0. The second-order valence-corrected chi connectivity index (χ2v) is 6.03. The van der Waals surface area contributed by atoms with Gasteiger partial charge >= 0.3 is 0 Å². The molecule has 140 valence electrons. The summed E-state index contributed by atoms with van der Waals surface area (Å²) in [6.45, 7) is 3.11. The first-order valence-corrected chi connectivity index (χ1v) is 8.55. The molecular weight excluding hydrogens is 344 g/mol. The first kappa shape index (κ1) is 18.5. The maximum absolute atomic E-state index is 12.6. The van der Waals surface area contributed by atoms with Crippen LogP contribution in [0.4, 0.5) is 11.5 Å². The summed E-state index contributed by atoms with van der Waals surface area (Å²) in [4.78, 5) is 20.4. The van der Waals surface area contributed by atoms with Crippen LogP contribution in [0.15, 0.2) is 48.7 Å². The zero-order valence-corrected chi connectivity index (χ0v) is 15.6. The largest absolute Gasteiger partial charge is 0.383 e. The van der Waals surface area contributed by atoms with Gasteiger partial charge in [-0.1, -0.05) is 18.2 Å². The Bertz CT molecular complexity index is 892. The maximum atomic E-state index is 12.6. The van der Waals surface area contributed by atoms with Gasteiger partial charge in [-0.2, -0.15) is 9.90 Å². The highest BCUT2D eigenvalue weighted by Gasteiger charge is 2.16. The molecule has 27 heavy (non-hydrogen) atoms. The number of hydrogen-bond acceptors (Lipinski definition) is 6. The van der Waals surface area contributed by atoms with Crippen LogP contribution in [0.25, 0.3) is 5.69 Å². The van der Waals surface area contributed by atoms with Gasteiger partial charge in [-0.15, -0.1) is 5.10 Å². The number of carbonyl (C=O) groups is 1. The third-order valence-corrected chi connectivity index (χ3v) is 4.01. The number of pyridine rings is 1. The minimum atomic E-state index is -0.322. The predicted octanol–water partition coefficient (Wildman–Crippen LogP) is 2.31. The summed E-state index contributed by atoms with van der Waals surface area (Å²) in [6.07, 6.45) is 1.62. The molecule has 0 aliphatic carbocycles. The molecule has 0 aliphatic rings. The van der Waals surface area contributed by atoms with Crippen molar-refractivity contribution in [2.75, 3.05) is 37.5 Å². The smallest absolute Gasteiger partial charge is 0.278 e. The van der Waals surface area contributed by atoms with Crippen molar-refractivity contribution in [1.82, 2.24) is 20.0 Å². The molecule has 3 rings (SSSR count). The Morgan fingerprint density at radius 3 is 2.63 bits per heavy atom. The molecule has 0 unspecified atom stereocenters. The normalized spacial score (nSPS) is 10.6. The molecule has 0 saturated heterocycles. The van der Waals surface area contributed by atoms with E-state index < -0.39 is 0 Å². The SMILES string of the molecule is COCCN(C)c1ccc(NC(=O)c2nn(-c3ccccc3)nc2C)cn1. The van der Waals surface area contributed by atoms with Gasteiger partial charge in [0, 0.05) is 20.7 Å². The van der Waals surface area contributed by atoms with E-state index in [1.807, 2.05) is 48.3 Å². The molecular formula is C19H22N6O2. The fraction of sp³-hybridized carbons (Fsp3) is 0.263. The van der Waals surface area contributed by atoms with E-state index in [2.05, 4.69) is 20.5 Å². The minimum absolute atomic E-state index is 0.278. The number of anilines is 2. The van der Waals surface area contributed by atoms with Crippen molar-refractivity contribution in [3.63, 3.8) is 0 Å². The number of hydrogen-bond donors (Lipinski definition) is 1. The molecule has 0 atom stereocenters. The number of para-hydroxylation sites is 1. The Labute approximate surface area is 157 Å². The molecule has 0 spiro atoms. The second kappa shape index (κ2) is 8.41. The number of likely N-dealkylation sites (N-methyl/N-ethyl adjacent to an activating group) is 1. The van der Waals surface area contributed by atoms with Crippen LogP contribution in [0.3, 0.4) is 0 Å². The van der Waals surface area contributed by atoms with E-state index in [-0.39, 0.29) is 11.6 Å². The zero-order valence-electron chi connectivity index (χ0n) is 15.6. The molecule has 0 fully saturated rings. The predicted molar refractivity (Wildman–Crippen MR) is 103 cm³/mol. The van der Waals surface area contributed by atoms with E-state index >= 15 is 0 Å². The van der Waals surface area contributed by atoms with Crippen LogP contribution in [-0.2, 0) is 4.74 Å². The lowest BCUT2D eigenvalue weighted by Gasteiger charge is -2.17. The highest BCUT2D eigenvalue weighted by Crippen LogP contribution is 2.15. The Morgan fingerprint density at radius 1 is 1.19 bits per heavy atom. The number of nitrogens with one attached hydrogen (secondary N) is 1. The Kier molecular flexibility index (Phi) is 5.77. The Hall–Kier alpha value is -3.26. The van der Waals surface area contributed by atoms with Gasteiger partial charge in [0.2, 0.25) is 0 Å². The molecule has 8 heteroatoms. The van der Waals surface area contributed by atoms with Gasteiger partial charge in [-0.3, -0.25) is 4.79 Å². The lowest BCUT2D eigenvalue weighted by molar-refractivity contribution is 0.102. The van der Waals surface area contributed by atoms with E-state index in [9.17, 15) is 4.79 Å². The third-order valence-electron chi connectivity index (χ3n) is 4.01. The van der Waals surface area contributed by atoms with E-state index in [4.69, 9.17) is 4.74 Å². The highest BCUT2D eigenvalue weighted by atomic mass is 16.5. The molecule has 2 aromatic heterocycles. The van der Waals surface area contributed by atoms with E-state index in [0.717, 1.165) is 18.1 Å². The van der Waals surface area contributed by atoms with Gasteiger partial charge in [0.25, 0.3) is 5.91 Å². The topological polar surface area (TPSA) is 85.2 Å². The van der Waals surface area contributed by atoms with Crippen LogP contribution >= 0.6 is 0 Å². The first-order valence-electron chi connectivity index (χ1n) is 8.55.